The van der Waals surface area contributed by atoms with Gasteiger partial charge in [0.25, 0.3) is 5.69 Å². The Balaban J connectivity index is 1.45. The number of carbonyl (C=O) groups excluding carboxylic acids is 2. The topological polar surface area (TPSA) is 127 Å². The summed E-state index contributed by atoms with van der Waals surface area (Å²) in [4.78, 5) is 42.6. The Morgan fingerprint density at radius 2 is 2.16 bits per heavy atom. The zero-order valence-corrected chi connectivity index (χ0v) is 17.7. The van der Waals surface area contributed by atoms with E-state index >= 15 is 0 Å². The summed E-state index contributed by atoms with van der Waals surface area (Å²) in [7, 11) is 0. The van der Waals surface area contributed by atoms with Gasteiger partial charge in [-0.25, -0.2) is 9.78 Å². The number of thiazole rings is 1. The summed E-state index contributed by atoms with van der Waals surface area (Å²) in [5.74, 6) is -1.53. The predicted octanol–water partition coefficient (Wildman–Crippen LogP) is 2.37. The maximum absolute atomic E-state index is 13.1. The lowest BCUT2D eigenvalue weighted by Gasteiger charge is -2.44. The quantitative estimate of drug-likeness (QED) is 0.262. The second-order valence-electron chi connectivity index (χ2n) is 7.80. The molecule has 1 N–H and O–H groups in total. The fourth-order valence-electron chi connectivity index (χ4n) is 4.36. The van der Waals surface area contributed by atoms with Crippen molar-refractivity contribution >= 4 is 39.3 Å². The minimum Gasteiger partial charge on any atom is -0.456 e. The van der Waals surface area contributed by atoms with E-state index in [0.717, 1.165) is 10.5 Å². The van der Waals surface area contributed by atoms with E-state index in [2.05, 4.69) is 4.98 Å². The van der Waals surface area contributed by atoms with Gasteiger partial charge in [-0.1, -0.05) is 0 Å². The molecular formula is C21H18N4O6S. The Kier molecular flexibility index (Phi) is 4.79. The van der Waals surface area contributed by atoms with Crippen molar-refractivity contribution in [2.75, 3.05) is 0 Å². The first kappa shape index (κ1) is 20.3. The van der Waals surface area contributed by atoms with Crippen LogP contribution in [-0.4, -0.2) is 48.3 Å². The third kappa shape index (κ3) is 3.09. The van der Waals surface area contributed by atoms with Gasteiger partial charge in [0.2, 0.25) is 5.91 Å². The van der Waals surface area contributed by atoms with E-state index in [0.29, 0.717) is 17.6 Å². The fraction of sp³-hybridized carbons (Fsp3) is 0.286. The van der Waals surface area contributed by atoms with Crippen LogP contribution in [0, 0.1) is 16.0 Å². The van der Waals surface area contributed by atoms with E-state index in [-0.39, 0.29) is 29.9 Å². The minimum absolute atomic E-state index is 0.0548. The van der Waals surface area contributed by atoms with Crippen LogP contribution >= 0.6 is 11.3 Å². The van der Waals surface area contributed by atoms with Crippen LogP contribution in [0.25, 0.3) is 10.4 Å². The highest BCUT2D eigenvalue weighted by Gasteiger charge is 2.57. The van der Waals surface area contributed by atoms with Gasteiger partial charge in [-0.3, -0.25) is 19.3 Å². The molecule has 1 fully saturated rings. The number of esters is 1. The first-order valence-electron chi connectivity index (χ1n) is 9.91. The standard InChI is InChI=1S/C21H18N4O6S/c1-11(26)18-15-6-14(16-9-32-17-7-22-10-23(16)17)19(24(15)20(18)27)21(28)31-8-12-2-4-13(5-3-12)25(29)30/h2-5,7,9-11,15,18,26H,6,8H2,1H3/t11-,15-,18-/m1/s1. The van der Waals surface area contributed by atoms with Gasteiger partial charge < -0.3 is 14.7 Å². The third-order valence-corrected chi connectivity index (χ3v) is 6.79. The highest BCUT2D eigenvalue weighted by atomic mass is 32.1. The number of nitro groups is 1. The lowest BCUT2D eigenvalue weighted by atomic mass is 9.83. The molecule has 3 aromatic rings. The molecule has 2 aromatic heterocycles. The Hall–Kier alpha value is -3.57. The molecule has 1 aromatic carbocycles. The van der Waals surface area contributed by atoms with Crippen molar-refractivity contribution in [2.24, 2.45) is 5.92 Å². The monoisotopic (exact) mass is 454 g/mol. The van der Waals surface area contributed by atoms with Crippen LogP contribution < -0.4 is 0 Å². The highest BCUT2D eigenvalue weighted by molar-refractivity contribution is 7.15. The highest BCUT2D eigenvalue weighted by Crippen LogP contribution is 2.47. The molecule has 11 heteroatoms. The lowest BCUT2D eigenvalue weighted by molar-refractivity contribution is -0.384. The van der Waals surface area contributed by atoms with E-state index in [1.807, 2.05) is 9.78 Å². The molecule has 0 spiro atoms. The molecule has 10 nitrogen and oxygen atoms in total. The number of imidazole rings is 1. The smallest absolute Gasteiger partial charge is 0.355 e. The van der Waals surface area contributed by atoms with Crippen molar-refractivity contribution in [2.45, 2.75) is 32.1 Å². The average molecular weight is 454 g/mol. The third-order valence-electron chi connectivity index (χ3n) is 5.90. The molecule has 3 atom stereocenters. The summed E-state index contributed by atoms with van der Waals surface area (Å²) >= 11 is 1.47. The molecule has 32 heavy (non-hydrogen) atoms. The number of aromatic nitrogens is 2. The van der Waals surface area contributed by atoms with Crippen LogP contribution in [0.1, 0.15) is 24.6 Å². The number of ether oxygens (including phenoxy) is 1. The van der Waals surface area contributed by atoms with Gasteiger partial charge in [-0.2, -0.15) is 0 Å². The molecule has 2 aliphatic rings. The molecule has 2 aliphatic heterocycles. The van der Waals surface area contributed by atoms with Crippen molar-refractivity contribution in [1.29, 1.82) is 0 Å². The normalized spacial score (nSPS) is 20.9. The van der Waals surface area contributed by atoms with Crippen molar-refractivity contribution in [1.82, 2.24) is 14.3 Å². The van der Waals surface area contributed by atoms with Gasteiger partial charge in [0.15, 0.2) is 0 Å². The number of rotatable bonds is 6. The number of aliphatic hydroxyl groups is 1. The van der Waals surface area contributed by atoms with Gasteiger partial charge >= 0.3 is 5.97 Å². The van der Waals surface area contributed by atoms with Crippen molar-refractivity contribution < 1.29 is 24.4 Å². The summed E-state index contributed by atoms with van der Waals surface area (Å²) in [5, 5.41) is 22.8. The number of nitro benzene ring substituents is 1. The number of hydrogen-bond donors (Lipinski definition) is 1. The van der Waals surface area contributed by atoms with Crippen molar-refractivity contribution in [3.05, 3.63) is 69.2 Å². The predicted molar refractivity (Wildman–Crippen MR) is 113 cm³/mol. The number of fused-ring (bicyclic) bond motifs is 2. The molecular weight excluding hydrogens is 436 g/mol. The van der Waals surface area contributed by atoms with E-state index in [4.69, 9.17) is 4.74 Å². The summed E-state index contributed by atoms with van der Waals surface area (Å²) in [6, 6.07) is 5.41. The number of carbonyl (C=O) groups is 2. The molecule has 0 saturated carbocycles. The number of non-ortho nitro benzene ring substituents is 1. The molecule has 5 rings (SSSR count). The van der Waals surface area contributed by atoms with Crippen LogP contribution in [-0.2, 0) is 20.9 Å². The fourth-order valence-corrected chi connectivity index (χ4v) is 5.23. The Morgan fingerprint density at radius 1 is 1.41 bits per heavy atom. The number of aliphatic hydroxyl groups excluding tert-OH is 1. The summed E-state index contributed by atoms with van der Waals surface area (Å²) < 4.78 is 7.34. The summed E-state index contributed by atoms with van der Waals surface area (Å²) in [6.07, 6.45) is 2.97. The molecule has 0 bridgehead atoms. The molecule has 1 saturated heterocycles. The number of amides is 1. The molecule has 0 unspecified atom stereocenters. The van der Waals surface area contributed by atoms with Gasteiger partial charge in [0, 0.05) is 23.1 Å². The van der Waals surface area contributed by atoms with Gasteiger partial charge in [0.1, 0.15) is 23.5 Å². The maximum Gasteiger partial charge on any atom is 0.355 e. The van der Waals surface area contributed by atoms with Crippen molar-refractivity contribution in [3.8, 4) is 0 Å². The van der Waals surface area contributed by atoms with E-state index < -0.39 is 22.9 Å². The Bertz CT molecular complexity index is 1270. The SMILES string of the molecule is C[C@@H](O)[C@H]1C(=O)N2C(C(=O)OCc3ccc([N+](=O)[O-])cc3)=C(c3csc4cncn34)C[C@H]12. The van der Waals surface area contributed by atoms with Crippen LogP contribution in [0.4, 0.5) is 5.69 Å². The summed E-state index contributed by atoms with van der Waals surface area (Å²) in [6.45, 7) is 1.48. The maximum atomic E-state index is 13.1. The van der Waals surface area contributed by atoms with Crippen molar-refractivity contribution in [3.63, 3.8) is 0 Å². The first-order valence-corrected chi connectivity index (χ1v) is 10.8. The molecule has 1 amide bonds. The zero-order valence-electron chi connectivity index (χ0n) is 16.9. The Labute approximate surface area is 185 Å². The lowest BCUT2D eigenvalue weighted by Crippen LogP contribution is -2.61. The Morgan fingerprint density at radius 3 is 2.84 bits per heavy atom. The van der Waals surface area contributed by atoms with E-state index in [9.17, 15) is 24.8 Å². The number of hydrogen-bond acceptors (Lipinski definition) is 8. The average Bonchev–Trinajstić information content (AvgIpc) is 3.45. The molecule has 0 aliphatic carbocycles. The van der Waals surface area contributed by atoms with Crippen LogP contribution in [0.2, 0.25) is 0 Å². The van der Waals surface area contributed by atoms with Gasteiger partial charge in [0.05, 0.1) is 34.9 Å². The molecule has 4 heterocycles. The largest absolute Gasteiger partial charge is 0.456 e. The van der Waals surface area contributed by atoms with Crippen LogP contribution in [0.15, 0.2) is 47.9 Å². The minimum atomic E-state index is -0.823. The number of nitrogens with zero attached hydrogens (tertiary/aromatic N) is 4. The van der Waals surface area contributed by atoms with E-state index in [1.54, 1.807) is 19.4 Å². The molecule has 0 radical (unpaired) electrons. The second kappa shape index (κ2) is 7.53. The van der Waals surface area contributed by atoms with Crippen LogP contribution in [0.5, 0.6) is 0 Å². The summed E-state index contributed by atoms with van der Waals surface area (Å²) in [5.41, 5.74) is 2.14. The van der Waals surface area contributed by atoms with Crippen LogP contribution in [0.3, 0.4) is 0 Å². The first-order chi connectivity index (χ1) is 15.4. The van der Waals surface area contributed by atoms with E-state index in [1.165, 1.54) is 40.5 Å². The second-order valence-corrected chi connectivity index (χ2v) is 8.69. The number of benzene rings is 1. The number of β-lactam (4-membered cyclic amide) rings is 1. The van der Waals surface area contributed by atoms with Gasteiger partial charge in [-0.15, -0.1) is 11.3 Å². The zero-order chi connectivity index (χ0) is 22.6. The molecule has 164 valence electrons. The van der Waals surface area contributed by atoms with Gasteiger partial charge in [-0.05, 0) is 31.0 Å².